The minimum Gasteiger partial charge on any atom is -0.370 e. The summed E-state index contributed by atoms with van der Waals surface area (Å²) in [6, 6.07) is 3.83. The first-order chi connectivity index (χ1) is 8.69. The van der Waals surface area contributed by atoms with E-state index in [-0.39, 0.29) is 5.78 Å². The molecule has 0 saturated carbocycles. The van der Waals surface area contributed by atoms with Crippen molar-refractivity contribution >= 4 is 11.5 Å². The Kier molecular flexibility index (Phi) is 6.40. The summed E-state index contributed by atoms with van der Waals surface area (Å²) < 4.78 is 0. The lowest BCUT2D eigenvalue weighted by atomic mass is 10.2. The zero-order chi connectivity index (χ0) is 13.4. The summed E-state index contributed by atoms with van der Waals surface area (Å²) in [4.78, 5) is 17.8. The molecule has 0 aliphatic carbocycles. The van der Waals surface area contributed by atoms with E-state index < -0.39 is 0 Å². The Morgan fingerprint density at radius 3 is 2.17 bits per heavy atom. The third-order valence-corrected chi connectivity index (χ3v) is 3.04. The number of rotatable bonds is 8. The Hall–Kier alpha value is -1.38. The fourth-order valence-electron chi connectivity index (χ4n) is 1.85. The van der Waals surface area contributed by atoms with Crippen molar-refractivity contribution in [2.45, 2.75) is 46.5 Å². The summed E-state index contributed by atoms with van der Waals surface area (Å²) in [5.74, 6) is 0.0233. The lowest BCUT2D eigenvalue weighted by molar-refractivity contribution is 0.101. The van der Waals surface area contributed by atoms with Crippen molar-refractivity contribution in [2.24, 2.45) is 0 Å². The Balaban J connectivity index is 2.73. The van der Waals surface area contributed by atoms with Gasteiger partial charge in [0.05, 0.1) is 11.9 Å². The number of nitrogens with zero attached hydrogens (tertiary/aromatic N) is 2. The van der Waals surface area contributed by atoms with E-state index in [4.69, 9.17) is 0 Å². The van der Waals surface area contributed by atoms with E-state index in [1.165, 1.54) is 25.7 Å². The smallest absolute Gasteiger partial charge is 0.178 e. The molecule has 1 aromatic heterocycles. The number of hydrogen-bond donors (Lipinski definition) is 0. The van der Waals surface area contributed by atoms with Gasteiger partial charge in [-0.2, -0.15) is 0 Å². The first-order valence-corrected chi connectivity index (χ1v) is 6.91. The molecular formula is C15H24N2O. The predicted molar refractivity (Wildman–Crippen MR) is 76.3 cm³/mol. The van der Waals surface area contributed by atoms with Gasteiger partial charge in [0, 0.05) is 20.0 Å². The van der Waals surface area contributed by atoms with Crippen molar-refractivity contribution in [3.63, 3.8) is 0 Å². The van der Waals surface area contributed by atoms with Crippen molar-refractivity contribution in [1.82, 2.24) is 4.98 Å². The van der Waals surface area contributed by atoms with Crippen molar-refractivity contribution in [3.8, 4) is 0 Å². The molecule has 0 fully saturated rings. The molecule has 1 rings (SSSR count). The van der Waals surface area contributed by atoms with Crippen LogP contribution in [0.4, 0.5) is 5.69 Å². The Bertz CT molecular complexity index is 351. The van der Waals surface area contributed by atoms with Crippen LogP contribution >= 0.6 is 0 Å². The average molecular weight is 248 g/mol. The fraction of sp³-hybridized carbons (Fsp3) is 0.600. The largest absolute Gasteiger partial charge is 0.370 e. The highest BCUT2D eigenvalue weighted by Crippen LogP contribution is 2.15. The van der Waals surface area contributed by atoms with E-state index in [0.29, 0.717) is 5.69 Å². The van der Waals surface area contributed by atoms with Crippen LogP contribution in [0.1, 0.15) is 56.9 Å². The van der Waals surface area contributed by atoms with Gasteiger partial charge < -0.3 is 4.90 Å². The first-order valence-electron chi connectivity index (χ1n) is 6.91. The number of carbonyl (C=O) groups is 1. The second-order valence-corrected chi connectivity index (χ2v) is 4.65. The Labute approximate surface area is 110 Å². The summed E-state index contributed by atoms with van der Waals surface area (Å²) in [7, 11) is 0. The zero-order valence-electron chi connectivity index (χ0n) is 11.8. The van der Waals surface area contributed by atoms with Gasteiger partial charge in [0.2, 0.25) is 0 Å². The van der Waals surface area contributed by atoms with Crippen LogP contribution in [0.15, 0.2) is 18.3 Å². The molecule has 1 heterocycles. The second kappa shape index (κ2) is 7.85. The van der Waals surface area contributed by atoms with E-state index in [1.54, 1.807) is 6.92 Å². The monoisotopic (exact) mass is 248 g/mol. The summed E-state index contributed by atoms with van der Waals surface area (Å²) in [5.41, 5.74) is 1.67. The molecular weight excluding hydrogens is 224 g/mol. The molecule has 0 aromatic carbocycles. The zero-order valence-corrected chi connectivity index (χ0v) is 11.8. The van der Waals surface area contributed by atoms with E-state index in [0.717, 1.165) is 18.8 Å². The average Bonchev–Trinajstić information content (AvgIpc) is 2.39. The van der Waals surface area contributed by atoms with Crippen molar-refractivity contribution in [2.75, 3.05) is 18.0 Å². The first kappa shape index (κ1) is 14.7. The van der Waals surface area contributed by atoms with E-state index in [9.17, 15) is 4.79 Å². The summed E-state index contributed by atoms with van der Waals surface area (Å²) in [6.07, 6.45) is 6.60. The lowest BCUT2D eigenvalue weighted by Crippen LogP contribution is -2.25. The summed E-state index contributed by atoms with van der Waals surface area (Å²) in [5, 5.41) is 0. The third-order valence-electron chi connectivity index (χ3n) is 3.04. The number of carbonyl (C=O) groups excluding carboxylic acids is 1. The summed E-state index contributed by atoms with van der Waals surface area (Å²) >= 11 is 0. The lowest BCUT2D eigenvalue weighted by Gasteiger charge is -2.24. The molecule has 3 heteroatoms. The molecule has 0 spiro atoms. The van der Waals surface area contributed by atoms with Crippen LogP contribution in [0.5, 0.6) is 0 Å². The number of unbranched alkanes of at least 4 members (excludes halogenated alkanes) is 2. The highest BCUT2D eigenvalue weighted by molar-refractivity contribution is 5.92. The molecule has 0 unspecified atom stereocenters. The van der Waals surface area contributed by atoms with Crippen molar-refractivity contribution in [1.29, 1.82) is 0 Å². The van der Waals surface area contributed by atoms with Crippen LogP contribution < -0.4 is 4.90 Å². The van der Waals surface area contributed by atoms with E-state index in [2.05, 4.69) is 23.7 Å². The molecule has 3 nitrogen and oxygen atoms in total. The standard InChI is InChI=1S/C15H24N2O/c1-4-6-10-17(11-7-5-2)14-8-9-15(13(3)18)16-12-14/h8-9,12H,4-7,10-11H2,1-3H3. The molecule has 0 saturated heterocycles. The van der Waals surface area contributed by atoms with Crippen molar-refractivity contribution in [3.05, 3.63) is 24.0 Å². The molecule has 1 aromatic rings. The number of Topliss-reactive ketones (excluding diaryl/α,β-unsaturated/α-hetero) is 1. The van der Waals surface area contributed by atoms with E-state index in [1.807, 2.05) is 18.3 Å². The van der Waals surface area contributed by atoms with Gasteiger partial charge in [-0.1, -0.05) is 26.7 Å². The molecule has 18 heavy (non-hydrogen) atoms. The molecule has 0 atom stereocenters. The number of hydrogen-bond acceptors (Lipinski definition) is 3. The van der Waals surface area contributed by atoms with Crippen LogP contribution in [-0.4, -0.2) is 23.9 Å². The third kappa shape index (κ3) is 4.47. The van der Waals surface area contributed by atoms with Gasteiger partial charge in [0.25, 0.3) is 0 Å². The van der Waals surface area contributed by atoms with Gasteiger partial charge in [-0.25, -0.2) is 0 Å². The quantitative estimate of drug-likeness (QED) is 0.658. The normalized spacial score (nSPS) is 10.4. The van der Waals surface area contributed by atoms with Crippen LogP contribution in [0, 0.1) is 0 Å². The maximum atomic E-state index is 11.2. The molecule has 0 N–H and O–H groups in total. The number of anilines is 1. The van der Waals surface area contributed by atoms with Crippen LogP contribution in [0.2, 0.25) is 0 Å². The van der Waals surface area contributed by atoms with Gasteiger partial charge in [0.1, 0.15) is 5.69 Å². The minimum atomic E-state index is 0.0233. The van der Waals surface area contributed by atoms with Crippen LogP contribution in [-0.2, 0) is 0 Å². The van der Waals surface area contributed by atoms with Gasteiger partial charge >= 0.3 is 0 Å². The number of ketones is 1. The van der Waals surface area contributed by atoms with Gasteiger partial charge in [-0.05, 0) is 25.0 Å². The topological polar surface area (TPSA) is 33.2 Å². The number of pyridine rings is 1. The number of aromatic nitrogens is 1. The molecule has 0 aliphatic rings. The van der Waals surface area contributed by atoms with Gasteiger partial charge in [-0.3, -0.25) is 9.78 Å². The SMILES string of the molecule is CCCCN(CCCC)c1ccc(C(C)=O)nc1. The minimum absolute atomic E-state index is 0.0233. The molecule has 0 bridgehead atoms. The summed E-state index contributed by atoms with van der Waals surface area (Å²) in [6.45, 7) is 8.09. The Morgan fingerprint density at radius 1 is 1.17 bits per heavy atom. The molecule has 0 aliphatic heterocycles. The second-order valence-electron chi connectivity index (χ2n) is 4.65. The van der Waals surface area contributed by atoms with Gasteiger partial charge in [-0.15, -0.1) is 0 Å². The maximum Gasteiger partial charge on any atom is 0.178 e. The van der Waals surface area contributed by atoms with Crippen LogP contribution in [0.25, 0.3) is 0 Å². The molecule has 0 radical (unpaired) electrons. The predicted octanol–water partition coefficient (Wildman–Crippen LogP) is 3.69. The Morgan fingerprint density at radius 2 is 1.78 bits per heavy atom. The maximum absolute atomic E-state index is 11.2. The van der Waals surface area contributed by atoms with E-state index >= 15 is 0 Å². The molecule has 100 valence electrons. The van der Waals surface area contributed by atoms with Gasteiger partial charge in [0.15, 0.2) is 5.78 Å². The fourth-order valence-corrected chi connectivity index (χ4v) is 1.85. The van der Waals surface area contributed by atoms with Crippen LogP contribution in [0.3, 0.4) is 0 Å². The highest BCUT2D eigenvalue weighted by Gasteiger charge is 2.07. The van der Waals surface area contributed by atoms with Crippen molar-refractivity contribution < 1.29 is 4.79 Å². The highest BCUT2D eigenvalue weighted by atomic mass is 16.1. The molecule has 0 amide bonds.